The monoisotopic (exact) mass is 315 g/mol. The summed E-state index contributed by atoms with van der Waals surface area (Å²) in [5.41, 5.74) is -1.77. The second kappa shape index (κ2) is 6.07. The zero-order valence-corrected chi connectivity index (χ0v) is 14.7. The van der Waals surface area contributed by atoms with Gasteiger partial charge in [-0.15, -0.1) is 0 Å². The molecule has 1 unspecified atom stereocenters. The van der Waals surface area contributed by atoms with Crippen LogP contribution in [0, 0.1) is 5.41 Å². The third kappa shape index (κ3) is 5.16. The van der Waals surface area contributed by atoms with Gasteiger partial charge in [0.2, 0.25) is 0 Å². The molecule has 128 valence electrons. The molecule has 1 rings (SSSR count). The highest BCUT2D eigenvalue weighted by Crippen LogP contribution is 2.36. The van der Waals surface area contributed by atoms with Crippen LogP contribution in [0.5, 0.6) is 0 Å². The highest BCUT2D eigenvalue weighted by molar-refractivity contribution is 5.70. The van der Waals surface area contributed by atoms with Crippen molar-refractivity contribution in [2.45, 2.75) is 78.7 Å². The third-order valence-corrected chi connectivity index (χ3v) is 3.58. The van der Waals surface area contributed by atoms with E-state index >= 15 is 0 Å². The number of ether oxygens (including phenoxy) is 2. The van der Waals surface area contributed by atoms with E-state index in [-0.39, 0.29) is 12.5 Å². The molecule has 1 N–H and O–H groups in total. The molecule has 0 saturated carbocycles. The standard InChI is InChI=1S/C16H29NO5/c1-14(2,3)22-13(20)17-11(10-21-16(17,6)7)8-15(4,5)9-12(18)19/h11H,8-10H2,1-7H3,(H,18,19). The molecule has 0 bridgehead atoms. The van der Waals surface area contributed by atoms with Crippen molar-refractivity contribution in [3.63, 3.8) is 0 Å². The number of hydrogen-bond donors (Lipinski definition) is 1. The summed E-state index contributed by atoms with van der Waals surface area (Å²) in [6.07, 6.45) is 0.166. The fourth-order valence-corrected chi connectivity index (χ4v) is 2.83. The van der Waals surface area contributed by atoms with E-state index in [1.807, 2.05) is 48.5 Å². The van der Waals surface area contributed by atoms with Gasteiger partial charge in [0, 0.05) is 0 Å². The minimum absolute atomic E-state index is 0.0477. The molecule has 1 aliphatic rings. The molecule has 0 aromatic carbocycles. The maximum Gasteiger partial charge on any atom is 0.412 e. The molecule has 0 spiro atoms. The molecule has 1 amide bonds. The topological polar surface area (TPSA) is 76.1 Å². The normalized spacial score (nSPS) is 21.8. The lowest BCUT2D eigenvalue weighted by Crippen LogP contribution is -2.50. The molecular formula is C16H29NO5. The lowest BCUT2D eigenvalue weighted by molar-refractivity contribution is -0.139. The van der Waals surface area contributed by atoms with E-state index < -0.39 is 28.8 Å². The van der Waals surface area contributed by atoms with Crippen molar-refractivity contribution < 1.29 is 24.2 Å². The number of carbonyl (C=O) groups excluding carboxylic acids is 1. The minimum Gasteiger partial charge on any atom is -0.481 e. The molecule has 0 radical (unpaired) electrons. The van der Waals surface area contributed by atoms with Gasteiger partial charge in [-0.25, -0.2) is 4.79 Å². The molecule has 1 atom stereocenters. The van der Waals surface area contributed by atoms with Gasteiger partial charge in [0.1, 0.15) is 11.3 Å². The van der Waals surface area contributed by atoms with Crippen molar-refractivity contribution in [1.82, 2.24) is 4.90 Å². The summed E-state index contributed by atoms with van der Waals surface area (Å²) in [7, 11) is 0. The quantitative estimate of drug-likeness (QED) is 0.862. The fourth-order valence-electron chi connectivity index (χ4n) is 2.83. The van der Waals surface area contributed by atoms with Crippen LogP contribution in [-0.2, 0) is 14.3 Å². The van der Waals surface area contributed by atoms with Gasteiger partial charge in [0.25, 0.3) is 0 Å². The molecule has 1 aliphatic heterocycles. The fraction of sp³-hybridized carbons (Fsp3) is 0.875. The predicted molar refractivity (Wildman–Crippen MR) is 82.5 cm³/mol. The Morgan fingerprint density at radius 3 is 2.27 bits per heavy atom. The predicted octanol–water partition coefficient (Wildman–Crippen LogP) is 3.25. The summed E-state index contributed by atoms with van der Waals surface area (Å²) < 4.78 is 11.2. The van der Waals surface area contributed by atoms with Crippen LogP contribution < -0.4 is 0 Å². The second-order valence-corrected chi connectivity index (χ2v) is 8.20. The molecule has 22 heavy (non-hydrogen) atoms. The van der Waals surface area contributed by atoms with Crippen LogP contribution in [-0.4, -0.2) is 46.0 Å². The molecular weight excluding hydrogens is 286 g/mol. The van der Waals surface area contributed by atoms with Crippen molar-refractivity contribution >= 4 is 12.1 Å². The molecule has 6 nitrogen and oxygen atoms in total. The van der Waals surface area contributed by atoms with Gasteiger partial charge in [-0.1, -0.05) is 13.8 Å². The van der Waals surface area contributed by atoms with Gasteiger partial charge in [-0.2, -0.15) is 0 Å². The Morgan fingerprint density at radius 1 is 1.27 bits per heavy atom. The van der Waals surface area contributed by atoms with Crippen LogP contribution in [0.25, 0.3) is 0 Å². The average Bonchev–Trinajstić information content (AvgIpc) is 2.47. The summed E-state index contributed by atoms with van der Waals surface area (Å²) in [4.78, 5) is 25.1. The summed E-state index contributed by atoms with van der Waals surface area (Å²) in [5, 5.41) is 9.02. The highest BCUT2D eigenvalue weighted by atomic mass is 16.6. The largest absolute Gasteiger partial charge is 0.481 e. The van der Waals surface area contributed by atoms with E-state index in [1.54, 1.807) is 4.90 Å². The number of carboxylic acid groups (broad SMARTS) is 1. The van der Waals surface area contributed by atoms with E-state index in [9.17, 15) is 9.59 Å². The van der Waals surface area contributed by atoms with E-state index in [0.717, 1.165) is 0 Å². The van der Waals surface area contributed by atoms with E-state index in [2.05, 4.69) is 0 Å². The van der Waals surface area contributed by atoms with Crippen LogP contribution >= 0.6 is 0 Å². The zero-order chi connectivity index (χ0) is 17.3. The lowest BCUT2D eigenvalue weighted by atomic mass is 9.82. The maximum atomic E-state index is 12.5. The molecule has 6 heteroatoms. The molecule has 1 heterocycles. The van der Waals surface area contributed by atoms with Gasteiger partial charge in [-0.3, -0.25) is 9.69 Å². The lowest BCUT2D eigenvalue weighted by Gasteiger charge is -2.37. The van der Waals surface area contributed by atoms with Crippen LogP contribution in [0.2, 0.25) is 0 Å². The highest BCUT2D eigenvalue weighted by Gasteiger charge is 2.47. The van der Waals surface area contributed by atoms with E-state index in [0.29, 0.717) is 13.0 Å². The van der Waals surface area contributed by atoms with E-state index in [1.165, 1.54) is 0 Å². The molecule has 0 aromatic heterocycles. The number of nitrogens with zero attached hydrogens (tertiary/aromatic N) is 1. The average molecular weight is 315 g/mol. The Labute approximate surface area is 132 Å². The second-order valence-electron chi connectivity index (χ2n) is 8.20. The first-order valence-corrected chi connectivity index (χ1v) is 7.62. The Kier molecular flexibility index (Phi) is 5.17. The smallest absolute Gasteiger partial charge is 0.412 e. The Bertz CT molecular complexity index is 436. The molecule has 0 aliphatic carbocycles. The Morgan fingerprint density at radius 2 is 1.82 bits per heavy atom. The summed E-state index contributed by atoms with van der Waals surface area (Å²) in [5.74, 6) is -0.841. The summed E-state index contributed by atoms with van der Waals surface area (Å²) in [6, 6.07) is -0.195. The van der Waals surface area contributed by atoms with Crippen molar-refractivity contribution in [2.24, 2.45) is 5.41 Å². The zero-order valence-electron chi connectivity index (χ0n) is 14.7. The SMILES string of the molecule is CC(C)(CC(=O)O)CC1COC(C)(C)N1C(=O)OC(C)(C)C. The molecule has 1 saturated heterocycles. The number of amides is 1. The first kappa shape index (κ1) is 18.7. The molecule has 0 aromatic rings. The summed E-state index contributed by atoms with van der Waals surface area (Å²) in [6.45, 7) is 13.3. The van der Waals surface area contributed by atoms with Gasteiger partial charge in [-0.05, 0) is 46.5 Å². The first-order chi connectivity index (χ1) is 9.73. The third-order valence-electron chi connectivity index (χ3n) is 3.58. The van der Waals surface area contributed by atoms with E-state index in [4.69, 9.17) is 14.6 Å². The number of carboxylic acids is 1. The minimum atomic E-state index is -0.841. The first-order valence-electron chi connectivity index (χ1n) is 7.62. The van der Waals surface area contributed by atoms with Crippen molar-refractivity contribution in [2.75, 3.05) is 6.61 Å². The number of carbonyl (C=O) groups is 2. The van der Waals surface area contributed by atoms with Crippen LogP contribution in [0.4, 0.5) is 4.79 Å². The van der Waals surface area contributed by atoms with Crippen LogP contribution in [0.15, 0.2) is 0 Å². The Balaban J connectivity index is 2.90. The Hall–Kier alpha value is -1.30. The number of aliphatic carboxylic acids is 1. The van der Waals surface area contributed by atoms with Gasteiger partial charge in [0.05, 0.1) is 19.1 Å². The molecule has 1 fully saturated rings. The van der Waals surface area contributed by atoms with Crippen molar-refractivity contribution in [3.8, 4) is 0 Å². The van der Waals surface area contributed by atoms with Crippen LogP contribution in [0.1, 0.15) is 61.3 Å². The van der Waals surface area contributed by atoms with Gasteiger partial charge in [0.15, 0.2) is 0 Å². The number of hydrogen-bond acceptors (Lipinski definition) is 4. The summed E-state index contributed by atoms with van der Waals surface area (Å²) >= 11 is 0. The van der Waals surface area contributed by atoms with Crippen molar-refractivity contribution in [1.29, 1.82) is 0 Å². The maximum absolute atomic E-state index is 12.5. The van der Waals surface area contributed by atoms with Gasteiger partial charge < -0.3 is 14.6 Å². The number of rotatable bonds is 4. The van der Waals surface area contributed by atoms with Crippen molar-refractivity contribution in [3.05, 3.63) is 0 Å². The van der Waals surface area contributed by atoms with Crippen LogP contribution in [0.3, 0.4) is 0 Å². The van der Waals surface area contributed by atoms with Gasteiger partial charge >= 0.3 is 12.1 Å².